The summed E-state index contributed by atoms with van der Waals surface area (Å²) in [6, 6.07) is 9.91. The molecule has 29 heavy (non-hydrogen) atoms. The van der Waals surface area contributed by atoms with Crippen LogP contribution in [0.1, 0.15) is 34.9 Å². The molecule has 2 fully saturated rings. The number of halogens is 1. The number of aromatic nitrogens is 4. The van der Waals surface area contributed by atoms with Gasteiger partial charge in [-0.3, -0.25) is 4.79 Å². The Morgan fingerprint density at radius 3 is 2.34 bits per heavy atom. The Bertz CT molecular complexity index is 1010. The van der Waals surface area contributed by atoms with Crippen molar-refractivity contribution < 1.29 is 9.18 Å². The molecular weight excluding hydrogens is 371 g/mol. The lowest BCUT2D eigenvalue weighted by Crippen LogP contribution is -2.49. The van der Waals surface area contributed by atoms with Gasteiger partial charge in [0.05, 0.1) is 5.69 Å². The van der Waals surface area contributed by atoms with Crippen LogP contribution in [-0.2, 0) is 0 Å². The highest BCUT2D eigenvalue weighted by atomic mass is 19.1. The number of benzene rings is 1. The minimum absolute atomic E-state index is 0.0682. The van der Waals surface area contributed by atoms with E-state index in [1.165, 1.54) is 12.1 Å². The van der Waals surface area contributed by atoms with Crippen molar-refractivity contribution in [3.05, 3.63) is 66.0 Å². The molecule has 0 spiro atoms. The molecule has 8 heteroatoms. The second-order valence-corrected chi connectivity index (χ2v) is 7.44. The lowest BCUT2D eigenvalue weighted by molar-refractivity contribution is 0.0740. The number of hydrogen-bond acceptors (Lipinski definition) is 5. The molecule has 5 rings (SSSR count). The summed E-state index contributed by atoms with van der Waals surface area (Å²) in [5.74, 6) is 0.754. The van der Waals surface area contributed by atoms with Crippen molar-refractivity contribution >= 4 is 11.9 Å². The minimum Gasteiger partial charge on any atom is -0.337 e. The Morgan fingerprint density at radius 1 is 1.00 bits per heavy atom. The Morgan fingerprint density at radius 2 is 1.69 bits per heavy atom. The zero-order valence-corrected chi connectivity index (χ0v) is 15.9. The number of hydrogen-bond donors (Lipinski definition) is 0. The van der Waals surface area contributed by atoms with Crippen LogP contribution < -0.4 is 4.90 Å². The third-order valence-electron chi connectivity index (χ3n) is 5.42. The van der Waals surface area contributed by atoms with Gasteiger partial charge >= 0.3 is 0 Å². The molecule has 148 valence electrons. The maximum absolute atomic E-state index is 13.3. The molecule has 2 aromatic heterocycles. The molecule has 2 aliphatic rings. The van der Waals surface area contributed by atoms with Crippen LogP contribution in [0.2, 0.25) is 0 Å². The highest BCUT2D eigenvalue weighted by molar-refractivity contribution is 5.92. The first kappa shape index (κ1) is 17.8. The average molecular weight is 392 g/mol. The molecule has 1 amide bonds. The topological polar surface area (TPSA) is 67.2 Å². The van der Waals surface area contributed by atoms with Crippen molar-refractivity contribution in [1.29, 1.82) is 0 Å². The highest BCUT2D eigenvalue weighted by Crippen LogP contribution is 2.41. The first-order valence-electron chi connectivity index (χ1n) is 9.86. The van der Waals surface area contributed by atoms with E-state index >= 15 is 0 Å². The Balaban J connectivity index is 1.34. The molecule has 7 nitrogen and oxygen atoms in total. The second kappa shape index (κ2) is 7.27. The molecule has 1 saturated heterocycles. The number of carbonyl (C=O) groups excluding carboxylic acids is 1. The van der Waals surface area contributed by atoms with Gasteiger partial charge in [0.15, 0.2) is 5.69 Å². The van der Waals surface area contributed by atoms with Crippen LogP contribution in [-0.4, -0.2) is 56.7 Å². The number of rotatable bonds is 4. The predicted molar refractivity (Wildman–Crippen MR) is 106 cm³/mol. The largest absolute Gasteiger partial charge is 0.337 e. The van der Waals surface area contributed by atoms with Crippen molar-refractivity contribution in [3.63, 3.8) is 0 Å². The molecule has 1 saturated carbocycles. The van der Waals surface area contributed by atoms with E-state index in [9.17, 15) is 9.18 Å². The van der Waals surface area contributed by atoms with Crippen molar-refractivity contribution in [2.75, 3.05) is 31.1 Å². The summed E-state index contributed by atoms with van der Waals surface area (Å²) in [5, 5.41) is 4.59. The Hall–Kier alpha value is -3.29. The van der Waals surface area contributed by atoms with Gasteiger partial charge in [0.1, 0.15) is 5.82 Å². The maximum Gasteiger partial charge on any atom is 0.274 e. The quantitative estimate of drug-likeness (QED) is 0.683. The van der Waals surface area contributed by atoms with Crippen molar-refractivity contribution in [1.82, 2.24) is 24.6 Å². The number of piperazine rings is 1. The predicted octanol–water partition coefficient (Wildman–Crippen LogP) is 2.64. The fourth-order valence-corrected chi connectivity index (χ4v) is 3.69. The van der Waals surface area contributed by atoms with E-state index in [1.54, 1.807) is 35.3 Å². The summed E-state index contributed by atoms with van der Waals surface area (Å²) < 4.78 is 15.1. The fraction of sp³-hybridized carbons (Fsp3) is 0.333. The molecule has 3 aromatic rings. The van der Waals surface area contributed by atoms with E-state index in [0.29, 0.717) is 43.7 Å². The van der Waals surface area contributed by atoms with E-state index in [1.807, 2.05) is 11.0 Å². The SMILES string of the molecule is O=C(c1cc(C2CC2)n(-c2ccc(F)cc2)n1)N1CCN(c2ncccn2)CC1. The normalized spacial score (nSPS) is 16.9. The van der Waals surface area contributed by atoms with Gasteiger partial charge in [-0.1, -0.05) is 0 Å². The van der Waals surface area contributed by atoms with E-state index in [-0.39, 0.29) is 11.7 Å². The zero-order chi connectivity index (χ0) is 19.8. The zero-order valence-electron chi connectivity index (χ0n) is 15.9. The van der Waals surface area contributed by atoms with Crippen molar-refractivity contribution in [2.24, 2.45) is 0 Å². The molecule has 1 aromatic carbocycles. The molecule has 0 unspecified atom stereocenters. The number of amides is 1. The summed E-state index contributed by atoms with van der Waals surface area (Å²) >= 11 is 0. The van der Waals surface area contributed by atoms with E-state index < -0.39 is 0 Å². The number of nitrogens with zero attached hydrogens (tertiary/aromatic N) is 6. The third-order valence-corrected chi connectivity index (χ3v) is 5.42. The Labute approximate surface area is 167 Å². The molecule has 0 radical (unpaired) electrons. The van der Waals surface area contributed by atoms with Crippen molar-refractivity contribution in [2.45, 2.75) is 18.8 Å². The lowest BCUT2D eigenvalue weighted by Gasteiger charge is -2.34. The summed E-state index contributed by atoms with van der Waals surface area (Å²) in [6.45, 7) is 2.56. The van der Waals surface area contributed by atoms with Gasteiger partial charge in [-0.2, -0.15) is 5.10 Å². The number of carbonyl (C=O) groups is 1. The molecule has 0 bridgehead atoms. The standard InChI is InChI=1S/C21H21FN6O/c22-16-4-6-17(7-5-16)28-19(15-2-3-15)14-18(25-28)20(29)26-10-12-27(13-11-26)21-23-8-1-9-24-21/h1,4-9,14-15H,2-3,10-13H2. The van der Waals surface area contributed by atoms with Gasteiger partial charge in [-0.05, 0) is 49.2 Å². The van der Waals surface area contributed by atoms with Gasteiger partial charge in [0, 0.05) is 50.2 Å². The van der Waals surface area contributed by atoms with E-state index in [2.05, 4.69) is 20.0 Å². The maximum atomic E-state index is 13.3. The Kier molecular flexibility index (Phi) is 4.46. The molecular formula is C21H21FN6O. The van der Waals surface area contributed by atoms with Gasteiger partial charge < -0.3 is 9.80 Å². The fourth-order valence-electron chi connectivity index (χ4n) is 3.69. The summed E-state index contributed by atoms with van der Waals surface area (Å²) in [7, 11) is 0. The first-order valence-corrected chi connectivity index (χ1v) is 9.86. The summed E-state index contributed by atoms with van der Waals surface area (Å²) in [5.41, 5.74) is 2.25. The van der Waals surface area contributed by atoms with Crippen LogP contribution in [0.4, 0.5) is 10.3 Å². The van der Waals surface area contributed by atoms with E-state index in [0.717, 1.165) is 24.2 Å². The molecule has 3 heterocycles. The van der Waals surface area contributed by atoms with Crippen LogP contribution in [0.15, 0.2) is 48.8 Å². The van der Waals surface area contributed by atoms with Crippen LogP contribution >= 0.6 is 0 Å². The monoisotopic (exact) mass is 392 g/mol. The highest BCUT2D eigenvalue weighted by Gasteiger charge is 2.31. The lowest BCUT2D eigenvalue weighted by atomic mass is 10.2. The summed E-state index contributed by atoms with van der Waals surface area (Å²) in [6.07, 6.45) is 5.63. The van der Waals surface area contributed by atoms with Gasteiger partial charge in [0.25, 0.3) is 5.91 Å². The van der Waals surface area contributed by atoms with Crippen molar-refractivity contribution in [3.8, 4) is 5.69 Å². The third kappa shape index (κ3) is 3.57. The molecule has 1 aliphatic heterocycles. The van der Waals surface area contributed by atoms with Crippen LogP contribution in [0.25, 0.3) is 5.69 Å². The molecule has 0 atom stereocenters. The van der Waals surface area contributed by atoms with Crippen LogP contribution in [0.5, 0.6) is 0 Å². The molecule has 1 aliphatic carbocycles. The van der Waals surface area contributed by atoms with E-state index in [4.69, 9.17) is 0 Å². The second-order valence-electron chi connectivity index (χ2n) is 7.44. The minimum atomic E-state index is -0.287. The van der Waals surface area contributed by atoms with Crippen LogP contribution in [0, 0.1) is 5.82 Å². The summed E-state index contributed by atoms with van der Waals surface area (Å²) in [4.78, 5) is 25.5. The van der Waals surface area contributed by atoms with Gasteiger partial charge in [-0.15, -0.1) is 0 Å². The molecule has 0 N–H and O–H groups in total. The number of anilines is 1. The van der Waals surface area contributed by atoms with Crippen LogP contribution in [0.3, 0.4) is 0 Å². The van der Waals surface area contributed by atoms with Gasteiger partial charge in [0.2, 0.25) is 5.95 Å². The van der Waals surface area contributed by atoms with Gasteiger partial charge in [-0.25, -0.2) is 19.0 Å². The first-order chi connectivity index (χ1) is 14.2. The smallest absolute Gasteiger partial charge is 0.274 e. The average Bonchev–Trinajstić information content (AvgIpc) is 3.53.